The molecule has 1 aromatic carbocycles. The van der Waals surface area contributed by atoms with Crippen molar-refractivity contribution in [2.45, 2.75) is 20.3 Å². The number of nitrogens with one attached hydrogen (secondary N) is 1. The average molecular weight is 276 g/mol. The van der Waals surface area contributed by atoms with Crippen LogP contribution in [0.15, 0.2) is 30.3 Å². The summed E-state index contributed by atoms with van der Waals surface area (Å²) in [6, 6.07) is 10.6. The molecule has 0 radical (unpaired) electrons. The fraction of sp³-hybridized carbons (Fsp3) is 0.647. The molecule has 112 valence electrons. The Morgan fingerprint density at radius 1 is 1.30 bits per heavy atom. The summed E-state index contributed by atoms with van der Waals surface area (Å²) in [6.07, 6.45) is 1.15. The number of hydrogen-bond acceptors (Lipinski definition) is 3. The Balaban J connectivity index is 1.94. The fourth-order valence-electron chi connectivity index (χ4n) is 2.87. The predicted molar refractivity (Wildman–Crippen MR) is 85.3 cm³/mol. The summed E-state index contributed by atoms with van der Waals surface area (Å²) in [5, 5.41) is 3.62. The van der Waals surface area contributed by atoms with Gasteiger partial charge in [0.05, 0.1) is 6.61 Å². The maximum Gasteiger partial charge on any atom is 0.0552 e. The lowest BCUT2D eigenvalue weighted by Crippen LogP contribution is -2.44. The molecule has 20 heavy (non-hydrogen) atoms. The van der Waals surface area contributed by atoms with Crippen molar-refractivity contribution >= 4 is 5.69 Å². The van der Waals surface area contributed by atoms with Gasteiger partial charge in [-0.3, -0.25) is 0 Å². The molecule has 1 saturated heterocycles. The Kier molecular flexibility index (Phi) is 5.44. The van der Waals surface area contributed by atoms with E-state index >= 15 is 0 Å². The molecule has 1 aromatic rings. The zero-order valence-corrected chi connectivity index (χ0v) is 13.1. The Morgan fingerprint density at radius 3 is 2.65 bits per heavy atom. The standard InChI is InChI=1S/C17H28N2O/c1-15(2)11-18-12-17(9-10-20-14-17)13-19(3)16-7-5-4-6-8-16/h4-8,15,18H,9-14H2,1-3H3. The Bertz CT molecular complexity index is 385. The molecule has 0 saturated carbocycles. The maximum atomic E-state index is 5.69. The van der Waals surface area contributed by atoms with Gasteiger partial charge >= 0.3 is 0 Å². The normalized spacial score (nSPS) is 22.4. The van der Waals surface area contributed by atoms with Gasteiger partial charge in [0.25, 0.3) is 0 Å². The first-order valence-electron chi connectivity index (χ1n) is 7.66. The van der Waals surface area contributed by atoms with Crippen LogP contribution in [0.3, 0.4) is 0 Å². The van der Waals surface area contributed by atoms with Crippen molar-refractivity contribution in [1.29, 1.82) is 0 Å². The summed E-state index contributed by atoms with van der Waals surface area (Å²) in [6.45, 7) is 9.43. The highest BCUT2D eigenvalue weighted by Gasteiger charge is 2.35. The summed E-state index contributed by atoms with van der Waals surface area (Å²) in [5.41, 5.74) is 1.53. The molecule has 1 aliphatic rings. The summed E-state index contributed by atoms with van der Waals surface area (Å²) in [7, 11) is 2.18. The van der Waals surface area contributed by atoms with Crippen molar-refractivity contribution in [3.63, 3.8) is 0 Å². The average Bonchev–Trinajstić information content (AvgIpc) is 2.88. The first kappa shape index (κ1) is 15.3. The van der Waals surface area contributed by atoms with Crippen molar-refractivity contribution in [3.8, 4) is 0 Å². The van der Waals surface area contributed by atoms with Gasteiger partial charge in [-0.1, -0.05) is 32.0 Å². The third-order valence-corrected chi connectivity index (χ3v) is 4.01. The van der Waals surface area contributed by atoms with Gasteiger partial charge in [0.2, 0.25) is 0 Å². The maximum absolute atomic E-state index is 5.69. The van der Waals surface area contributed by atoms with Crippen molar-refractivity contribution in [1.82, 2.24) is 5.32 Å². The lowest BCUT2D eigenvalue weighted by atomic mass is 9.86. The quantitative estimate of drug-likeness (QED) is 0.829. The smallest absolute Gasteiger partial charge is 0.0552 e. The highest BCUT2D eigenvalue weighted by molar-refractivity contribution is 5.45. The van der Waals surface area contributed by atoms with E-state index < -0.39 is 0 Å². The second-order valence-corrected chi connectivity index (χ2v) is 6.52. The number of nitrogens with zero attached hydrogens (tertiary/aromatic N) is 1. The largest absolute Gasteiger partial charge is 0.381 e. The molecule has 1 atom stereocenters. The van der Waals surface area contributed by atoms with Gasteiger partial charge in [-0.2, -0.15) is 0 Å². The van der Waals surface area contributed by atoms with E-state index in [0.717, 1.165) is 39.3 Å². The van der Waals surface area contributed by atoms with E-state index in [4.69, 9.17) is 4.74 Å². The third kappa shape index (κ3) is 4.22. The molecular formula is C17H28N2O. The van der Waals surface area contributed by atoms with Crippen LogP contribution < -0.4 is 10.2 Å². The summed E-state index contributed by atoms with van der Waals surface area (Å²) < 4.78 is 5.69. The molecule has 0 bridgehead atoms. The van der Waals surface area contributed by atoms with Crippen LogP contribution in [0.2, 0.25) is 0 Å². The van der Waals surface area contributed by atoms with E-state index in [0.29, 0.717) is 5.92 Å². The number of anilines is 1. The minimum Gasteiger partial charge on any atom is -0.381 e. The number of hydrogen-bond donors (Lipinski definition) is 1. The molecule has 0 aromatic heterocycles. The number of para-hydroxylation sites is 1. The number of rotatable bonds is 7. The van der Waals surface area contributed by atoms with Crippen molar-refractivity contribution in [2.75, 3.05) is 44.8 Å². The molecule has 3 heteroatoms. The van der Waals surface area contributed by atoms with Gasteiger partial charge in [0, 0.05) is 37.8 Å². The van der Waals surface area contributed by atoms with Gasteiger partial charge in [-0.25, -0.2) is 0 Å². The van der Waals surface area contributed by atoms with Crippen molar-refractivity contribution < 1.29 is 4.74 Å². The van der Waals surface area contributed by atoms with Crippen LogP contribution in [0.1, 0.15) is 20.3 Å². The second-order valence-electron chi connectivity index (χ2n) is 6.52. The molecule has 1 fully saturated rings. The predicted octanol–water partition coefficient (Wildman–Crippen LogP) is 2.78. The number of ether oxygens (including phenoxy) is 1. The first-order valence-corrected chi connectivity index (χ1v) is 7.66. The molecule has 0 amide bonds. The summed E-state index contributed by atoms with van der Waals surface area (Å²) in [4.78, 5) is 2.35. The third-order valence-electron chi connectivity index (χ3n) is 4.01. The van der Waals surface area contributed by atoms with E-state index in [1.165, 1.54) is 5.69 Å². The lowest BCUT2D eigenvalue weighted by molar-refractivity contribution is 0.152. The van der Waals surface area contributed by atoms with Crippen molar-refractivity contribution in [2.24, 2.45) is 11.3 Å². The van der Waals surface area contributed by atoms with Gasteiger partial charge in [-0.15, -0.1) is 0 Å². The van der Waals surface area contributed by atoms with Crippen LogP contribution in [-0.4, -0.2) is 39.9 Å². The molecule has 0 aliphatic carbocycles. The van der Waals surface area contributed by atoms with Crippen LogP contribution in [-0.2, 0) is 4.74 Å². The van der Waals surface area contributed by atoms with E-state index in [2.05, 4.69) is 61.4 Å². The minimum atomic E-state index is 0.249. The molecule has 2 rings (SSSR count). The number of benzene rings is 1. The molecule has 1 heterocycles. The van der Waals surface area contributed by atoms with Crippen LogP contribution in [0.25, 0.3) is 0 Å². The molecule has 0 spiro atoms. The molecule has 3 nitrogen and oxygen atoms in total. The Morgan fingerprint density at radius 2 is 2.05 bits per heavy atom. The van der Waals surface area contributed by atoms with Crippen LogP contribution in [0, 0.1) is 11.3 Å². The minimum absolute atomic E-state index is 0.249. The topological polar surface area (TPSA) is 24.5 Å². The van der Waals surface area contributed by atoms with Crippen LogP contribution in [0.5, 0.6) is 0 Å². The Hall–Kier alpha value is -1.06. The lowest BCUT2D eigenvalue weighted by Gasteiger charge is -2.34. The van der Waals surface area contributed by atoms with Gasteiger partial charge < -0.3 is 15.0 Å². The highest BCUT2D eigenvalue weighted by Crippen LogP contribution is 2.30. The first-order chi connectivity index (χ1) is 9.61. The molecular weight excluding hydrogens is 248 g/mol. The van der Waals surface area contributed by atoms with E-state index in [-0.39, 0.29) is 5.41 Å². The highest BCUT2D eigenvalue weighted by atomic mass is 16.5. The van der Waals surface area contributed by atoms with E-state index in [1.807, 2.05) is 0 Å². The van der Waals surface area contributed by atoms with Crippen LogP contribution in [0.4, 0.5) is 5.69 Å². The van der Waals surface area contributed by atoms with Gasteiger partial charge in [0.15, 0.2) is 0 Å². The van der Waals surface area contributed by atoms with E-state index in [9.17, 15) is 0 Å². The summed E-state index contributed by atoms with van der Waals surface area (Å²) >= 11 is 0. The van der Waals surface area contributed by atoms with E-state index in [1.54, 1.807) is 0 Å². The SMILES string of the molecule is CC(C)CNCC1(CN(C)c2ccccc2)CCOC1. The fourth-order valence-corrected chi connectivity index (χ4v) is 2.87. The van der Waals surface area contributed by atoms with Crippen molar-refractivity contribution in [3.05, 3.63) is 30.3 Å². The monoisotopic (exact) mass is 276 g/mol. The Labute approximate surface area is 123 Å². The molecule has 1 N–H and O–H groups in total. The molecule has 1 unspecified atom stereocenters. The van der Waals surface area contributed by atoms with Crippen LogP contribution >= 0.6 is 0 Å². The summed E-state index contributed by atoms with van der Waals surface area (Å²) in [5.74, 6) is 0.696. The zero-order valence-electron chi connectivity index (χ0n) is 13.1. The van der Waals surface area contributed by atoms with Gasteiger partial charge in [0.1, 0.15) is 0 Å². The van der Waals surface area contributed by atoms with Gasteiger partial charge in [-0.05, 0) is 31.0 Å². The zero-order chi connectivity index (χ0) is 14.4. The molecule has 1 aliphatic heterocycles. The second kappa shape index (κ2) is 7.09.